The van der Waals surface area contributed by atoms with Crippen LogP contribution in [0, 0.1) is 0 Å². The van der Waals surface area contributed by atoms with Gasteiger partial charge in [-0.15, -0.1) is 0 Å². The van der Waals surface area contributed by atoms with Gasteiger partial charge in [0.1, 0.15) is 5.69 Å². The third-order valence-electron chi connectivity index (χ3n) is 1.85. The normalized spacial score (nSPS) is 11.9. The fraction of sp³-hybridized carbons (Fsp3) is 0.111. The molecule has 0 saturated heterocycles. The van der Waals surface area contributed by atoms with E-state index in [1.54, 1.807) is 18.2 Å². The number of Topliss-reactive ketones (excluding diaryl/α,β-unsaturated/α-hetero) is 1. The van der Waals surface area contributed by atoms with Crippen LogP contribution in [-0.2, 0) is 0 Å². The highest BCUT2D eigenvalue weighted by Gasteiger charge is 2.41. The SMILES string of the molecule is O=C(c1nsc2ccccc12)C(F)(F)F. The molecule has 0 N–H and O–H groups in total. The molecule has 0 saturated carbocycles. The second-order valence-corrected chi connectivity index (χ2v) is 3.66. The number of rotatable bonds is 1. The van der Waals surface area contributed by atoms with Crippen molar-refractivity contribution in [3.63, 3.8) is 0 Å². The van der Waals surface area contributed by atoms with Gasteiger partial charge in [-0.05, 0) is 17.6 Å². The zero-order valence-corrected chi connectivity index (χ0v) is 8.02. The molecule has 15 heavy (non-hydrogen) atoms. The molecule has 2 nitrogen and oxygen atoms in total. The van der Waals surface area contributed by atoms with Gasteiger partial charge in [-0.25, -0.2) is 0 Å². The van der Waals surface area contributed by atoms with Crippen molar-refractivity contribution in [3.8, 4) is 0 Å². The van der Waals surface area contributed by atoms with E-state index in [1.807, 2.05) is 0 Å². The summed E-state index contributed by atoms with van der Waals surface area (Å²) in [5, 5.41) is 0.254. The molecule has 1 heterocycles. The van der Waals surface area contributed by atoms with E-state index in [-0.39, 0.29) is 5.39 Å². The van der Waals surface area contributed by atoms with Gasteiger partial charge in [0, 0.05) is 5.39 Å². The van der Waals surface area contributed by atoms with E-state index >= 15 is 0 Å². The zero-order chi connectivity index (χ0) is 11.1. The van der Waals surface area contributed by atoms with E-state index in [0.717, 1.165) is 11.5 Å². The number of ketones is 1. The summed E-state index contributed by atoms with van der Waals surface area (Å²) < 4.78 is 40.6. The summed E-state index contributed by atoms with van der Waals surface area (Å²) in [5.41, 5.74) is -0.511. The number of carbonyl (C=O) groups excluding carboxylic acids is 1. The van der Waals surface area contributed by atoms with Crippen LogP contribution in [0.15, 0.2) is 24.3 Å². The van der Waals surface area contributed by atoms with E-state index in [1.165, 1.54) is 6.07 Å². The number of nitrogens with zero attached hydrogens (tertiary/aromatic N) is 1. The number of hydrogen-bond donors (Lipinski definition) is 0. The van der Waals surface area contributed by atoms with Crippen molar-refractivity contribution in [2.24, 2.45) is 0 Å². The maximum absolute atomic E-state index is 12.2. The average molecular weight is 231 g/mol. The molecule has 0 amide bonds. The highest BCUT2D eigenvalue weighted by Crippen LogP contribution is 2.28. The number of aromatic nitrogens is 1. The first-order valence-electron chi connectivity index (χ1n) is 3.96. The number of benzene rings is 1. The largest absolute Gasteiger partial charge is 0.456 e. The summed E-state index contributed by atoms with van der Waals surface area (Å²) in [6.07, 6.45) is -4.86. The van der Waals surface area contributed by atoms with Crippen LogP contribution in [-0.4, -0.2) is 16.3 Å². The van der Waals surface area contributed by atoms with E-state index in [9.17, 15) is 18.0 Å². The lowest BCUT2D eigenvalue weighted by Crippen LogP contribution is -2.23. The zero-order valence-electron chi connectivity index (χ0n) is 7.21. The van der Waals surface area contributed by atoms with E-state index < -0.39 is 17.7 Å². The first-order valence-corrected chi connectivity index (χ1v) is 4.73. The molecule has 0 bridgehead atoms. The Morgan fingerprint density at radius 3 is 2.60 bits per heavy atom. The fourth-order valence-electron chi connectivity index (χ4n) is 1.18. The smallest absolute Gasteiger partial charge is 0.282 e. The molecule has 1 aromatic heterocycles. The number of halogens is 3. The average Bonchev–Trinajstić information content (AvgIpc) is 2.58. The van der Waals surface area contributed by atoms with Gasteiger partial charge in [-0.3, -0.25) is 4.79 Å². The lowest BCUT2D eigenvalue weighted by Gasteiger charge is -2.01. The minimum absolute atomic E-state index is 0.254. The molecule has 0 atom stereocenters. The summed E-state index contributed by atoms with van der Waals surface area (Å²) in [5.74, 6) is -1.89. The summed E-state index contributed by atoms with van der Waals surface area (Å²) >= 11 is 0.888. The van der Waals surface area contributed by atoms with E-state index in [2.05, 4.69) is 4.37 Å². The molecule has 2 aromatic rings. The van der Waals surface area contributed by atoms with Gasteiger partial charge in [0.05, 0.1) is 4.70 Å². The molecule has 0 unspecified atom stereocenters. The molecule has 0 aliphatic heterocycles. The number of alkyl halides is 3. The molecular weight excluding hydrogens is 227 g/mol. The summed E-state index contributed by atoms with van der Waals surface area (Å²) in [7, 11) is 0. The van der Waals surface area contributed by atoms with Gasteiger partial charge in [0.15, 0.2) is 0 Å². The monoisotopic (exact) mass is 231 g/mol. The second-order valence-electron chi connectivity index (χ2n) is 2.85. The first kappa shape index (κ1) is 10.1. The van der Waals surface area contributed by atoms with Crippen molar-refractivity contribution in [1.82, 2.24) is 4.37 Å². The van der Waals surface area contributed by atoms with Crippen LogP contribution in [0.2, 0.25) is 0 Å². The molecule has 0 aliphatic rings. The van der Waals surface area contributed by atoms with Crippen LogP contribution >= 0.6 is 11.5 Å². The van der Waals surface area contributed by atoms with Crippen molar-refractivity contribution < 1.29 is 18.0 Å². The lowest BCUT2D eigenvalue weighted by atomic mass is 10.1. The molecule has 0 aliphatic carbocycles. The number of fused-ring (bicyclic) bond motifs is 1. The molecule has 1 aromatic carbocycles. The third-order valence-corrected chi connectivity index (χ3v) is 2.68. The lowest BCUT2D eigenvalue weighted by molar-refractivity contribution is -0.0886. The Labute approximate surface area is 86.5 Å². The predicted octanol–water partition coefficient (Wildman–Crippen LogP) is 3.04. The van der Waals surface area contributed by atoms with Crippen molar-refractivity contribution >= 4 is 27.4 Å². The van der Waals surface area contributed by atoms with Crippen LogP contribution in [0.1, 0.15) is 10.5 Å². The molecule has 0 radical (unpaired) electrons. The number of hydrogen-bond acceptors (Lipinski definition) is 3. The quantitative estimate of drug-likeness (QED) is 0.706. The Kier molecular flexibility index (Phi) is 2.22. The molecular formula is C9H4F3NOS. The van der Waals surface area contributed by atoms with Crippen LogP contribution in [0.25, 0.3) is 10.1 Å². The van der Waals surface area contributed by atoms with Gasteiger partial charge >= 0.3 is 6.18 Å². The van der Waals surface area contributed by atoms with Gasteiger partial charge < -0.3 is 0 Å². The van der Waals surface area contributed by atoms with Crippen LogP contribution in [0.5, 0.6) is 0 Å². The van der Waals surface area contributed by atoms with Crippen molar-refractivity contribution in [2.75, 3.05) is 0 Å². The minimum Gasteiger partial charge on any atom is -0.282 e. The molecule has 0 fully saturated rings. The summed E-state index contributed by atoms with van der Waals surface area (Å²) in [6, 6.07) is 6.34. The molecule has 0 spiro atoms. The van der Waals surface area contributed by atoms with Gasteiger partial charge in [0.2, 0.25) is 0 Å². The number of carbonyl (C=O) groups is 1. The van der Waals surface area contributed by atoms with Gasteiger partial charge in [-0.1, -0.05) is 18.2 Å². The van der Waals surface area contributed by atoms with Crippen molar-refractivity contribution in [3.05, 3.63) is 30.0 Å². The van der Waals surface area contributed by atoms with Crippen molar-refractivity contribution in [2.45, 2.75) is 6.18 Å². The van der Waals surface area contributed by atoms with Crippen LogP contribution in [0.3, 0.4) is 0 Å². The highest BCUT2D eigenvalue weighted by atomic mass is 32.1. The third kappa shape index (κ3) is 1.72. The second kappa shape index (κ2) is 3.30. The van der Waals surface area contributed by atoms with E-state index in [4.69, 9.17) is 0 Å². The Balaban J connectivity index is 2.58. The Hall–Kier alpha value is -1.43. The first-order chi connectivity index (χ1) is 7.00. The topological polar surface area (TPSA) is 30.0 Å². The Morgan fingerprint density at radius 2 is 1.93 bits per heavy atom. The highest BCUT2D eigenvalue weighted by molar-refractivity contribution is 7.13. The summed E-state index contributed by atoms with van der Waals surface area (Å²) in [4.78, 5) is 11.0. The van der Waals surface area contributed by atoms with Crippen LogP contribution in [0.4, 0.5) is 13.2 Å². The minimum atomic E-state index is -4.86. The Bertz CT molecular complexity index is 517. The molecule has 6 heteroatoms. The Morgan fingerprint density at radius 1 is 1.27 bits per heavy atom. The predicted molar refractivity (Wildman–Crippen MR) is 50.0 cm³/mol. The van der Waals surface area contributed by atoms with Crippen molar-refractivity contribution in [1.29, 1.82) is 0 Å². The maximum Gasteiger partial charge on any atom is 0.456 e. The maximum atomic E-state index is 12.2. The molecule has 78 valence electrons. The fourth-order valence-corrected chi connectivity index (χ4v) is 1.96. The van der Waals surface area contributed by atoms with Gasteiger partial charge in [-0.2, -0.15) is 17.5 Å². The summed E-state index contributed by atoms with van der Waals surface area (Å²) in [6.45, 7) is 0. The molecule has 2 rings (SSSR count). The standard InChI is InChI=1S/C9H4F3NOS/c10-9(11,12)8(14)7-5-3-1-2-4-6(5)15-13-7/h1-4H. The van der Waals surface area contributed by atoms with Crippen LogP contribution < -0.4 is 0 Å². The van der Waals surface area contributed by atoms with Gasteiger partial charge in [0.25, 0.3) is 5.78 Å². The van der Waals surface area contributed by atoms with E-state index in [0.29, 0.717) is 4.70 Å².